The molecule has 2 unspecified atom stereocenters. The van der Waals surface area contributed by atoms with Crippen LogP contribution in [0.1, 0.15) is 36.0 Å². The average molecular weight is 420 g/mol. The van der Waals surface area contributed by atoms with Crippen LogP contribution in [0.25, 0.3) is 0 Å². The van der Waals surface area contributed by atoms with E-state index in [9.17, 15) is 15.2 Å². The van der Waals surface area contributed by atoms with Gasteiger partial charge >= 0.3 is 5.97 Å². The molecule has 0 heterocycles. The lowest BCUT2D eigenvalue weighted by molar-refractivity contribution is -0.140. The van der Waals surface area contributed by atoms with Gasteiger partial charge in [-0.05, 0) is 60.2 Å². The third kappa shape index (κ3) is 5.20. The molecular formula is C25H22ClNO3. The van der Waals surface area contributed by atoms with Crippen LogP contribution in [0, 0.1) is 17.2 Å². The Morgan fingerprint density at radius 1 is 1.07 bits per heavy atom. The monoisotopic (exact) mass is 419 g/mol. The van der Waals surface area contributed by atoms with Crippen molar-refractivity contribution < 1.29 is 14.6 Å². The standard InChI is InChI=1S/C25H22ClNO3/c1-17(24(25(28)29)19-12-14-20(26)15-13-19)10-11-18-6-5-9-23(22(18)16-27)30-21-7-3-2-4-8-21/h2-9,12-15,17,24H,10-11H2,1H3,(H,28,29). The van der Waals surface area contributed by atoms with E-state index >= 15 is 0 Å². The Hall–Kier alpha value is -3.29. The quantitative estimate of drug-likeness (QED) is 0.456. The number of hydrogen-bond acceptors (Lipinski definition) is 3. The summed E-state index contributed by atoms with van der Waals surface area (Å²) in [7, 11) is 0. The highest BCUT2D eigenvalue weighted by Crippen LogP contribution is 2.32. The van der Waals surface area contributed by atoms with Gasteiger partial charge in [0, 0.05) is 5.02 Å². The Morgan fingerprint density at radius 3 is 2.40 bits per heavy atom. The molecule has 3 aromatic carbocycles. The first-order valence-electron chi connectivity index (χ1n) is 9.72. The predicted molar refractivity (Wildman–Crippen MR) is 117 cm³/mol. The van der Waals surface area contributed by atoms with Gasteiger partial charge < -0.3 is 9.84 Å². The highest BCUT2D eigenvalue weighted by Gasteiger charge is 2.26. The number of hydrogen-bond donors (Lipinski definition) is 1. The van der Waals surface area contributed by atoms with Crippen LogP contribution in [-0.2, 0) is 11.2 Å². The molecule has 0 saturated carbocycles. The maximum atomic E-state index is 11.9. The van der Waals surface area contributed by atoms with Crippen LogP contribution in [0.4, 0.5) is 0 Å². The molecule has 0 amide bonds. The number of rotatable bonds is 8. The van der Waals surface area contributed by atoms with Gasteiger partial charge in [-0.15, -0.1) is 0 Å². The fraction of sp³-hybridized carbons (Fsp3) is 0.200. The van der Waals surface area contributed by atoms with Crippen LogP contribution in [-0.4, -0.2) is 11.1 Å². The first-order chi connectivity index (χ1) is 14.5. The predicted octanol–water partition coefficient (Wildman–Crippen LogP) is 6.44. The molecule has 3 rings (SSSR count). The SMILES string of the molecule is CC(CCc1cccc(Oc2ccccc2)c1C#N)C(C(=O)O)c1ccc(Cl)cc1. The molecule has 0 aliphatic carbocycles. The number of carbonyl (C=O) groups is 1. The Morgan fingerprint density at radius 2 is 1.77 bits per heavy atom. The number of aliphatic carboxylic acids is 1. The summed E-state index contributed by atoms with van der Waals surface area (Å²) >= 11 is 5.93. The lowest BCUT2D eigenvalue weighted by Crippen LogP contribution is -2.20. The minimum atomic E-state index is -0.869. The van der Waals surface area contributed by atoms with Crippen LogP contribution < -0.4 is 4.74 Å². The van der Waals surface area contributed by atoms with Crippen molar-refractivity contribution in [3.05, 3.63) is 94.5 Å². The van der Waals surface area contributed by atoms with Gasteiger partial charge in [-0.2, -0.15) is 5.26 Å². The van der Waals surface area contributed by atoms with Crippen molar-refractivity contribution in [2.75, 3.05) is 0 Å². The van der Waals surface area contributed by atoms with Crippen molar-refractivity contribution in [1.29, 1.82) is 5.26 Å². The number of carboxylic acid groups (broad SMARTS) is 1. The Kier molecular flexibility index (Phi) is 7.11. The Balaban J connectivity index is 1.77. The van der Waals surface area contributed by atoms with E-state index in [-0.39, 0.29) is 5.92 Å². The number of carboxylic acids is 1. The molecule has 0 aromatic heterocycles. The van der Waals surface area contributed by atoms with Crippen molar-refractivity contribution in [1.82, 2.24) is 0 Å². The third-order valence-corrected chi connectivity index (χ3v) is 5.38. The molecule has 0 radical (unpaired) electrons. The zero-order valence-electron chi connectivity index (χ0n) is 16.6. The van der Waals surface area contributed by atoms with E-state index in [2.05, 4.69) is 6.07 Å². The summed E-state index contributed by atoms with van der Waals surface area (Å²) < 4.78 is 5.88. The number of ether oxygens (including phenoxy) is 1. The van der Waals surface area contributed by atoms with E-state index in [0.717, 1.165) is 11.1 Å². The van der Waals surface area contributed by atoms with Crippen LogP contribution >= 0.6 is 11.6 Å². The molecule has 5 heteroatoms. The van der Waals surface area contributed by atoms with Crippen LogP contribution in [0.15, 0.2) is 72.8 Å². The van der Waals surface area contributed by atoms with E-state index < -0.39 is 11.9 Å². The lowest BCUT2D eigenvalue weighted by Gasteiger charge is -2.21. The summed E-state index contributed by atoms with van der Waals surface area (Å²) in [6, 6.07) is 24.0. The van der Waals surface area contributed by atoms with Gasteiger partial charge in [-0.3, -0.25) is 4.79 Å². The van der Waals surface area contributed by atoms with Crippen molar-refractivity contribution >= 4 is 17.6 Å². The fourth-order valence-corrected chi connectivity index (χ4v) is 3.67. The van der Waals surface area contributed by atoms with Crippen LogP contribution in [0.3, 0.4) is 0 Å². The second-order valence-electron chi connectivity index (χ2n) is 7.20. The Labute approximate surface area is 181 Å². The molecule has 0 bridgehead atoms. The molecule has 2 atom stereocenters. The average Bonchev–Trinajstić information content (AvgIpc) is 2.74. The van der Waals surface area contributed by atoms with Gasteiger partial charge in [0.2, 0.25) is 0 Å². The van der Waals surface area contributed by atoms with E-state index in [4.69, 9.17) is 16.3 Å². The van der Waals surface area contributed by atoms with Crippen LogP contribution in [0.5, 0.6) is 11.5 Å². The maximum Gasteiger partial charge on any atom is 0.311 e. The zero-order chi connectivity index (χ0) is 21.5. The zero-order valence-corrected chi connectivity index (χ0v) is 17.3. The van der Waals surface area contributed by atoms with Gasteiger partial charge in [0.15, 0.2) is 0 Å². The summed E-state index contributed by atoms with van der Waals surface area (Å²) in [5.41, 5.74) is 2.05. The first kappa shape index (κ1) is 21.4. The molecule has 0 aliphatic rings. The molecule has 0 aliphatic heterocycles. The molecule has 152 valence electrons. The van der Waals surface area contributed by atoms with E-state index in [1.807, 2.05) is 49.4 Å². The number of nitriles is 1. The van der Waals surface area contributed by atoms with Gasteiger partial charge in [-0.1, -0.05) is 61.0 Å². The second kappa shape index (κ2) is 9.96. The van der Waals surface area contributed by atoms with Gasteiger partial charge in [0.1, 0.15) is 17.6 Å². The summed E-state index contributed by atoms with van der Waals surface area (Å²) in [6.45, 7) is 1.92. The number of aryl methyl sites for hydroxylation is 1. The molecule has 1 N–H and O–H groups in total. The normalized spacial score (nSPS) is 12.6. The molecular weight excluding hydrogens is 398 g/mol. The van der Waals surface area contributed by atoms with Gasteiger partial charge in [0.05, 0.1) is 11.5 Å². The number of nitrogens with zero attached hydrogens (tertiary/aromatic N) is 1. The molecule has 0 saturated heterocycles. The van der Waals surface area contributed by atoms with E-state index in [0.29, 0.717) is 34.9 Å². The minimum absolute atomic E-state index is 0.131. The van der Waals surface area contributed by atoms with Crippen molar-refractivity contribution in [2.24, 2.45) is 5.92 Å². The van der Waals surface area contributed by atoms with Crippen molar-refractivity contribution in [3.63, 3.8) is 0 Å². The Bertz CT molecular complexity index is 1040. The third-order valence-electron chi connectivity index (χ3n) is 5.13. The summed E-state index contributed by atoms with van der Waals surface area (Å²) in [6.07, 6.45) is 1.19. The summed E-state index contributed by atoms with van der Waals surface area (Å²) in [5.74, 6) is -0.480. The first-order valence-corrected chi connectivity index (χ1v) is 10.1. The topological polar surface area (TPSA) is 70.3 Å². The highest BCUT2D eigenvalue weighted by molar-refractivity contribution is 6.30. The minimum Gasteiger partial charge on any atom is -0.481 e. The largest absolute Gasteiger partial charge is 0.481 e. The molecule has 30 heavy (non-hydrogen) atoms. The highest BCUT2D eigenvalue weighted by atomic mass is 35.5. The van der Waals surface area contributed by atoms with Crippen LogP contribution in [0.2, 0.25) is 5.02 Å². The van der Waals surface area contributed by atoms with Gasteiger partial charge in [-0.25, -0.2) is 0 Å². The number of halogens is 1. The molecule has 0 spiro atoms. The summed E-state index contributed by atoms with van der Waals surface area (Å²) in [5, 5.41) is 20.0. The number of para-hydroxylation sites is 1. The second-order valence-corrected chi connectivity index (χ2v) is 7.64. The molecule has 4 nitrogen and oxygen atoms in total. The number of benzene rings is 3. The van der Waals surface area contributed by atoms with E-state index in [1.54, 1.807) is 30.3 Å². The lowest BCUT2D eigenvalue weighted by atomic mass is 9.83. The molecule has 0 fully saturated rings. The van der Waals surface area contributed by atoms with Crippen molar-refractivity contribution in [2.45, 2.75) is 25.7 Å². The van der Waals surface area contributed by atoms with Gasteiger partial charge in [0.25, 0.3) is 0 Å². The molecule has 3 aromatic rings. The smallest absolute Gasteiger partial charge is 0.311 e. The summed E-state index contributed by atoms with van der Waals surface area (Å²) in [4.78, 5) is 11.9. The fourth-order valence-electron chi connectivity index (χ4n) is 3.55. The van der Waals surface area contributed by atoms with E-state index in [1.165, 1.54) is 0 Å². The van der Waals surface area contributed by atoms with Crippen molar-refractivity contribution in [3.8, 4) is 17.6 Å². The maximum absolute atomic E-state index is 11.9.